The third-order valence-electron chi connectivity index (χ3n) is 3.58. The van der Waals surface area contributed by atoms with Crippen LogP contribution in [0, 0.1) is 0 Å². The van der Waals surface area contributed by atoms with Crippen LogP contribution in [0.4, 0.5) is 13.2 Å². The fourth-order valence-electron chi connectivity index (χ4n) is 2.13. The number of hydrogen-bond acceptors (Lipinski definition) is 3. The Morgan fingerprint density at radius 3 is 2.52 bits per heavy atom. The Kier molecular flexibility index (Phi) is 4.78. The molecule has 6 heteroatoms. The highest BCUT2D eigenvalue weighted by atomic mass is 19.4. The van der Waals surface area contributed by atoms with Crippen LogP contribution in [0.5, 0.6) is 5.75 Å². The van der Waals surface area contributed by atoms with E-state index < -0.39 is 17.3 Å². The van der Waals surface area contributed by atoms with E-state index in [0.717, 1.165) is 18.9 Å². The molecule has 0 aromatic heterocycles. The smallest absolute Gasteiger partial charge is 0.419 e. The third-order valence-corrected chi connectivity index (χ3v) is 3.58. The summed E-state index contributed by atoms with van der Waals surface area (Å²) in [5.74, 6) is -0.170. The number of aliphatic hydroxyl groups excluding tert-OH is 1. The summed E-state index contributed by atoms with van der Waals surface area (Å²) >= 11 is 0. The zero-order valence-electron chi connectivity index (χ0n) is 11.9. The summed E-state index contributed by atoms with van der Waals surface area (Å²) in [5, 5.41) is 12.7. The lowest BCUT2D eigenvalue weighted by atomic mass is 9.99. The van der Waals surface area contributed by atoms with E-state index >= 15 is 0 Å². The molecule has 0 radical (unpaired) electrons. The van der Waals surface area contributed by atoms with Gasteiger partial charge in [-0.25, -0.2) is 0 Å². The minimum atomic E-state index is -4.43. The zero-order valence-corrected chi connectivity index (χ0v) is 11.9. The minimum Gasteiger partial charge on any atom is -0.493 e. The van der Waals surface area contributed by atoms with E-state index in [1.54, 1.807) is 0 Å². The Labute approximate surface area is 122 Å². The first-order valence-electron chi connectivity index (χ1n) is 7.02. The van der Waals surface area contributed by atoms with Crippen molar-refractivity contribution >= 4 is 0 Å². The summed E-state index contributed by atoms with van der Waals surface area (Å²) in [6.45, 7) is 1.89. The molecule has 0 amide bonds. The molecule has 1 aliphatic rings. The van der Waals surface area contributed by atoms with Crippen molar-refractivity contribution in [1.29, 1.82) is 0 Å². The molecule has 1 saturated carbocycles. The first kappa shape index (κ1) is 16.1. The van der Waals surface area contributed by atoms with Gasteiger partial charge in [0.25, 0.3) is 0 Å². The van der Waals surface area contributed by atoms with E-state index in [1.807, 2.05) is 6.92 Å². The van der Waals surface area contributed by atoms with Gasteiger partial charge in [-0.1, -0.05) is 12.1 Å². The van der Waals surface area contributed by atoms with Crippen LogP contribution in [0.25, 0.3) is 0 Å². The van der Waals surface area contributed by atoms with E-state index in [-0.39, 0.29) is 19.0 Å². The van der Waals surface area contributed by atoms with E-state index in [0.29, 0.717) is 12.5 Å². The minimum absolute atomic E-state index is 0.0756. The van der Waals surface area contributed by atoms with Crippen molar-refractivity contribution < 1.29 is 23.0 Å². The second kappa shape index (κ2) is 6.23. The van der Waals surface area contributed by atoms with Crippen molar-refractivity contribution in [3.8, 4) is 5.75 Å². The first-order valence-corrected chi connectivity index (χ1v) is 7.02. The topological polar surface area (TPSA) is 41.5 Å². The predicted octanol–water partition coefficient (Wildman–Crippen LogP) is 2.98. The fourth-order valence-corrected chi connectivity index (χ4v) is 2.13. The Balaban J connectivity index is 1.93. The van der Waals surface area contributed by atoms with Gasteiger partial charge in [0.15, 0.2) is 0 Å². The normalized spacial score (nSPS) is 18.3. The number of ether oxygens (including phenoxy) is 1. The van der Waals surface area contributed by atoms with Crippen LogP contribution in [0.1, 0.15) is 31.7 Å². The lowest BCUT2D eigenvalue weighted by molar-refractivity contribution is -0.139. The number of para-hydroxylation sites is 1. The standard InChI is InChI=1S/C15H20F3NO2/c1-14(10-20,19-11-6-7-11)8-9-21-13-5-3-2-4-12(13)15(16,17)18/h2-5,11,19-20H,6-10H2,1H3. The molecular weight excluding hydrogens is 283 g/mol. The largest absolute Gasteiger partial charge is 0.493 e. The van der Waals surface area contributed by atoms with Gasteiger partial charge >= 0.3 is 6.18 Å². The van der Waals surface area contributed by atoms with Crippen molar-refractivity contribution in [3.05, 3.63) is 29.8 Å². The molecule has 1 aromatic rings. The average Bonchev–Trinajstić information content (AvgIpc) is 3.22. The van der Waals surface area contributed by atoms with Crippen molar-refractivity contribution in [3.63, 3.8) is 0 Å². The summed E-state index contributed by atoms with van der Waals surface area (Å²) in [4.78, 5) is 0. The number of rotatable bonds is 7. The van der Waals surface area contributed by atoms with Gasteiger partial charge in [-0.05, 0) is 31.9 Å². The molecule has 1 unspecified atom stereocenters. The van der Waals surface area contributed by atoms with E-state index in [2.05, 4.69) is 5.32 Å². The Morgan fingerprint density at radius 2 is 1.95 bits per heavy atom. The van der Waals surface area contributed by atoms with E-state index in [9.17, 15) is 18.3 Å². The summed E-state index contributed by atoms with van der Waals surface area (Å²) in [6.07, 6.45) is -1.84. The molecule has 0 saturated heterocycles. The number of halogens is 3. The highest BCUT2D eigenvalue weighted by Crippen LogP contribution is 2.36. The van der Waals surface area contributed by atoms with Crippen LogP contribution in [0.3, 0.4) is 0 Å². The average molecular weight is 303 g/mol. The van der Waals surface area contributed by atoms with Crippen LogP contribution < -0.4 is 10.1 Å². The lowest BCUT2D eigenvalue weighted by Gasteiger charge is -2.29. The van der Waals surface area contributed by atoms with Gasteiger partial charge < -0.3 is 15.2 Å². The van der Waals surface area contributed by atoms with Crippen molar-refractivity contribution in [1.82, 2.24) is 5.32 Å². The monoisotopic (exact) mass is 303 g/mol. The van der Waals surface area contributed by atoms with Crippen LogP contribution in [-0.4, -0.2) is 29.9 Å². The zero-order chi connectivity index (χ0) is 15.5. The van der Waals surface area contributed by atoms with Gasteiger partial charge in [-0.15, -0.1) is 0 Å². The van der Waals surface area contributed by atoms with Gasteiger partial charge in [0.1, 0.15) is 5.75 Å². The number of hydrogen-bond donors (Lipinski definition) is 2. The number of alkyl halides is 3. The maximum Gasteiger partial charge on any atom is 0.419 e. The molecule has 1 aliphatic carbocycles. The van der Waals surface area contributed by atoms with Crippen molar-refractivity contribution in [2.45, 2.75) is 43.9 Å². The molecule has 3 nitrogen and oxygen atoms in total. The van der Waals surface area contributed by atoms with Gasteiger partial charge in [0.05, 0.1) is 18.8 Å². The molecule has 0 aliphatic heterocycles. The molecule has 21 heavy (non-hydrogen) atoms. The number of aliphatic hydroxyl groups is 1. The molecular formula is C15H20F3NO2. The molecule has 2 N–H and O–H groups in total. The van der Waals surface area contributed by atoms with Gasteiger partial charge in [-0.2, -0.15) is 13.2 Å². The SMILES string of the molecule is CC(CO)(CCOc1ccccc1C(F)(F)F)NC1CC1. The Hall–Kier alpha value is -1.27. The van der Waals surface area contributed by atoms with Crippen LogP contribution in [0.15, 0.2) is 24.3 Å². The van der Waals surface area contributed by atoms with E-state index in [1.165, 1.54) is 18.2 Å². The molecule has 1 fully saturated rings. The molecule has 0 heterocycles. The van der Waals surface area contributed by atoms with Crippen LogP contribution in [-0.2, 0) is 6.18 Å². The maximum absolute atomic E-state index is 12.8. The van der Waals surface area contributed by atoms with Gasteiger partial charge in [0.2, 0.25) is 0 Å². The van der Waals surface area contributed by atoms with Crippen molar-refractivity contribution in [2.75, 3.05) is 13.2 Å². The summed E-state index contributed by atoms with van der Waals surface area (Å²) in [6, 6.07) is 5.57. The Morgan fingerprint density at radius 1 is 1.29 bits per heavy atom. The fraction of sp³-hybridized carbons (Fsp3) is 0.600. The Bertz CT molecular complexity index is 474. The highest BCUT2D eigenvalue weighted by molar-refractivity contribution is 5.35. The van der Waals surface area contributed by atoms with Gasteiger partial charge in [0, 0.05) is 18.0 Å². The molecule has 2 rings (SSSR count). The van der Waals surface area contributed by atoms with Crippen molar-refractivity contribution in [2.24, 2.45) is 0 Å². The third kappa shape index (κ3) is 4.61. The number of benzene rings is 1. The second-order valence-corrected chi connectivity index (χ2v) is 5.73. The highest BCUT2D eigenvalue weighted by Gasteiger charge is 2.35. The molecule has 0 bridgehead atoms. The number of nitrogens with one attached hydrogen (secondary N) is 1. The summed E-state index contributed by atoms with van der Waals surface area (Å²) in [5.41, 5.74) is -1.29. The first-order chi connectivity index (χ1) is 9.84. The maximum atomic E-state index is 12.8. The molecule has 1 aromatic carbocycles. The predicted molar refractivity (Wildman–Crippen MR) is 73.2 cm³/mol. The molecule has 0 spiro atoms. The lowest BCUT2D eigenvalue weighted by Crippen LogP contribution is -2.48. The second-order valence-electron chi connectivity index (χ2n) is 5.73. The summed E-state index contributed by atoms with van der Waals surface area (Å²) in [7, 11) is 0. The van der Waals surface area contributed by atoms with E-state index in [4.69, 9.17) is 4.74 Å². The van der Waals surface area contributed by atoms with Crippen LogP contribution >= 0.6 is 0 Å². The molecule has 1 atom stereocenters. The molecule has 118 valence electrons. The van der Waals surface area contributed by atoms with Gasteiger partial charge in [-0.3, -0.25) is 0 Å². The quantitative estimate of drug-likeness (QED) is 0.813. The summed E-state index contributed by atoms with van der Waals surface area (Å²) < 4.78 is 43.8. The van der Waals surface area contributed by atoms with Crippen LogP contribution in [0.2, 0.25) is 0 Å².